The Morgan fingerprint density at radius 1 is 1.36 bits per heavy atom. The van der Waals surface area contributed by atoms with Crippen molar-refractivity contribution in [1.82, 2.24) is 5.32 Å². The van der Waals surface area contributed by atoms with E-state index in [-0.39, 0.29) is 6.09 Å². The average molecular weight is 199 g/mol. The van der Waals surface area contributed by atoms with Crippen LogP contribution in [0.1, 0.15) is 47.0 Å². The van der Waals surface area contributed by atoms with Crippen molar-refractivity contribution < 1.29 is 9.53 Å². The van der Waals surface area contributed by atoms with Crippen LogP contribution in [0.4, 0.5) is 4.79 Å². The van der Waals surface area contributed by atoms with Gasteiger partial charge in [0, 0.05) is 6.04 Å². The van der Waals surface area contributed by atoms with Gasteiger partial charge in [0.1, 0.15) is 5.60 Å². The maximum atomic E-state index is 11.4. The molecule has 0 aliphatic heterocycles. The van der Waals surface area contributed by atoms with Crippen molar-refractivity contribution in [3.63, 3.8) is 0 Å². The van der Waals surface area contributed by atoms with E-state index in [1.807, 2.05) is 20.8 Å². The Kier molecular flexibility index (Phi) is 3.40. The number of alkyl carbamates (subject to hydrolysis) is 1. The summed E-state index contributed by atoms with van der Waals surface area (Å²) in [6, 6.07) is 0.310. The van der Waals surface area contributed by atoms with Crippen LogP contribution in [0.15, 0.2) is 0 Å². The van der Waals surface area contributed by atoms with E-state index in [1.54, 1.807) is 0 Å². The number of rotatable bonds is 1. The molecule has 14 heavy (non-hydrogen) atoms. The van der Waals surface area contributed by atoms with Gasteiger partial charge >= 0.3 is 6.09 Å². The normalized spacial score (nSPS) is 27.4. The first kappa shape index (κ1) is 11.3. The maximum Gasteiger partial charge on any atom is 0.407 e. The Labute approximate surface area is 86.2 Å². The third kappa shape index (κ3) is 3.56. The summed E-state index contributed by atoms with van der Waals surface area (Å²) in [5.41, 5.74) is -0.397. The van der Waals surface area contributed by atoms with Crippen LogP contribution in [0.2, 0.25) is 0 Å². The molecular formula is C11H21NO2. The van der Waals surface area contributed by atoms with Gasteiger partial charge < -0.3 is 10.1 Å². The minimum absolute atomic E-state index is 0.281. The number of hydrogen-bond donors (Lipinski definition) is 1. The fourth-order valence-corrected chi connectivity index (χ4v) is 1.82. The summed E-state index contributed by atoms with van der Waals surface area (Å²) < 4.78 is 5.20. The number of ether oxygens (including phenoxy) is 1. The zero-order chi connectivity index (χ0) is 10.8. The quantitative estimate of drug-likeness (QED) is 0.705. The van der Waals surface area contributed by atoms with Crippen LogP contribution < -0.4 is 5.32 Å². The topological polar surface area (TPSA) is 38.3 Å². The smallest absolute Gasteiger partial charge is 0.407 e. The summed E-state index contributed by atoms with van der Waals surface area (Å²) in [5.74, 6) is 0.586. The highest BCUT2D eigenvalue weighted by atomic mass is 16.6. The van der Waals surface area contributed by atoms with Crippen molar-refractivity contribution in [2.75, 3.05) is 0 Å². The van der Waals surface area contributed by atoms with Crippen LogP contribution >= 0.6 is 0 Å². The number of nitrogens with one attached hydrogen (secondary N) is 1. The molecule has 0 aromatic heterocycles. The van der Waals surface area contributed by atoms with E-state index in [4.69, 9.17) is 4.74 Å². The van der Waals surface area contributed by atoms with Crippen LogP contribution in [0.5, 0.6) is 0 Å². The molecule has 3 nitrogen and oxygen atoms in total. The van der Waals surface area contributed by atoms with Gasteiger partial charge in [-0.15, -0.1) is 0 Å². The van der Waals surface area contributed by atoms with E-state index in [0.29, 0.717) is 12.0 Å². The SMILES string of the molecule is C[C@@H]1CCC[C@@H]1NC(=O)OC(C)(C)C. The van der Waals surface area contributed by atoms with Crippen LogP contribution in [0, 0.1) is 5.92 Å². The Bertz CT molecular complexity index is 208. The minimum Gasteiger partial charge on any atom is -0.444 e. The van der Waals surface area contributed by atoms with Crippen LogP contribution in [-0.4, -0.2) is 17.7 Å². The maximum absolute atomic E-state index is 11.4. The Morgan fingerprint density at radius 3 is 2.43 bits per heavy atom. The first-order valence-electron chi connectivity index (χ1n) is 5.38. The van der Waals surface area contributed by atoms with Crippen molar-refractivity contribution in [2.45, 2.75) is 58.6 Å². The fraction of sp³-hybridized carbons (Fsp3) is 0.909. The molecule has 3 heteroatoms. The molecular weight excluding hydrogens is 178 g/mol. The lowest BCUT2D eigenvalue weighted by Gasteiger charge is -2.23. The molecule has 0 aromatic rings. The summed E-state index contributed by atoms with van der Waals surface area (Å²) in [5, 5.41) is 2.92. The summed E-state index contributed by atoms with van der Waals surface area (Å²) in [6.07, 6.45) is 3.22. The van der Waals surface area contributed by atoms with E-state index < -0.39 is 5.60 Å². The summed E-state index contributed by atoms with van der Waals surface area (Å²) in [4.78, 5) is 11.4. The van der Waals surface area contributed by atoms with Crippen LogP contribution in [-0.2, 0) is 4.74 Å². The monoisotopic (exact) mass is 199 g/mol. The minimum atomic E-state index is -0.397. The second kappa shape index (κ2) is 4.20. The highest BCUT2D eigenvalue weighted by Crippen LogP contribution is 2.25. The highest BCUT2D eigenvalue weighted by Gasteiger charge is 2.26. The number of carbonyl (C=O) groups excluding carboxylic acids is 1. The lowest BCUT2D eigenvalue weighted by molar-refractivity contribution is 0.0495. The second-order valence-corrected chi connectivity index (χ2v) is 5.16. The molecule has 0 unspecified atom stereocenters. The van der Waals surface area contributed by atoms with Crippen molar-refractivity contribution in [2.24, 2.45) is 5.92 Å². The molecule has 0 heterocycles. The molecule has 1 amide bonds. The Morgan fingerprint density at radius 2 is 2.00 bits per heavy atom. The average Bonchev–Trinajstić information content (AvgIpc) is 2.32. The zero-order valence-electron chi connectivity index (χ0n) is 9.59. The summed E-state index contributed by atoms with van der Waals surface area (Å²) >= 11 is 0. The van der Waals surface area contributed by atoms with Crippen molar-refractivity contribution in [3.8, 4) is 0 Å². The van der Waals surface area contributed by atoms with Gasteiger partial charge in [-0.05, 0) is 39.5 Å². The third-order valence-electron chi connectivity index (χ3n) is 2.56. The van der Waals surface area contributed by atoms with Gasteiger partial charge in [-0.1, -0.05) is 13.3 Å². The number of hydrogen-bond acceptors (Lipinski definition) is 2. The molecule has 1 fully saturated rings. The molecule has 0 radical (unpaired) electrons. The zero-order valence-corrected chi connectivity index (χ0v) is 9.59. The third-order valence-corrected chi connectivity index (χ3v) is 2.56. The van der Waals surface area contributed by atoms with Crippen molar-refractivity contribution >= 4 is 6.09 Å². The summed E-state index contributed by atoms with van der Waals surface area (Å²) in [7, 11) is 0. The van der Waals surface area contributed by atoms with Gasteiger partial charge in [-0.25, -0.2) is 4.79 Å². The lowest BCUT2D eigenvalue weighted by atomic mass is 10.1. The predicted molar refractivity (Wildman–Crippen MR) is 56.2 cm³/mol. The van der Waals surface area contributed by atoms with Crippen molar-refractivity contribution in [3.05, 3.63) is 0 Å². The fourth-order valence-electron chi connectivity index (χ4n) is 1.82. The van der Waals surface area contributed by atoms with E-state index in [9.17, 15) is 4.79 Å². The summed E-state index contributed by atoms with van der Waals surface area (Å²) in [6.45, 7) is 7.81. The molecule has 0 bridgehead atoms. The first-order valence-corrected chi connectivity index (χ1v) is 5.38. The molecule has 2 atom stereocenters. The first-order chi connectivity index (χ1) is 6.38. The molecule has 1 aliphatic carbocycles. The second-order valence-electron chi connectivity index (χ2n) is 5.16. The van der Waals surface area contributed by atoms with Gasteiger partial charge in [0.2, 0.25) is 0 Å². The molecule has 0 saturated heterocycles. The van der Waals surface area contributed by atoms with E-state index in [1.165, 1.54) is 12.8 Å². The highest BCUT2D eigenvalue weighted by molar-refractivity contribution is 5.68. The van der Waals surface area contributed by atoms with Crippen molar-refractivity contribution in [1.29, 1.82) is 0 Å². The molecule has 0 spiro atoms. The predicted octanol–water partition coefficient (Wildman–Crippen LogP) is 2.70. The van der Waals surface area contributed by atoms with Gasteiger partial charge in [0.15, 0.2) is 0 Å². The Hall–Kier alpha value is -0.730. The van der Waals surface area contributed by atoms with Crippen LogP contribution in [0.25, 0.3) is 0 Å². The largest absolute Gasteiger partial charge is 0.444 e. The molecule has 1 rings (SSSR count). The molecule has 1 saturated carbocycles. The Balaban J connectivity index is 2.33. The van der Waals surface area contributed by atoms with E-state index >= 15 is 0 Å². The van der Waals surface area contributed by atoms with Crippen LogP contribution in [0.3, 0.4) is 0 Å². The lowest BCUT2D eigenvalue weighted by Crippen LogP contribution is -2.40. The number of amides is 1. The van der Waals surface area contributed by atoms with Gasteiger partial charge in [-0.3, -0.25) is 0 Å². The molecule has 1 N–H and O–H groups in total. The number of carbonyl (C=O) groups is 1. The molecule has 82 valence electrons. The molecule has 0 aromatic carbocycles. The van der Waals surface area contributed by atoms with Gasteiger partial charge in [0.05, 0.1) is 0 Å². The van der Waals surface area contributed by atoms with Gasteiger partial charge in [-0.2, -0.15) is 0 Å². The van der Waals surface area contributed by atoms with E-state index in [2.05, 4.69) is 12.2 Å². The van der Waals surface area contributed by atoms with E-state index in [0.717, 1.165) is 6.42 Å². The van der Waals surface area contributed by atoms with Gasteiger partial charge in [0.25, 0.3) is 0 Å². The standard InChI is InChI=1S/C11H21NO2/c1-8-6-5-7-9(8)12-10(13)14-11(2,3)4/h8-9H,5-7H2,1-4H3,(H,12,13)/t8-,9+/m1/s1. The molecule has 1 aliphatic rings.